The number of carbonyl (C=O) groups excluding carboxylic acids is 1. The summed E-state index contributed by atoms with van der Waals surface area (Å²) in [6.07, 6.45) is 9.39. The number of ketones is 1. The topological polar surface area (TPSA) is 49.7 Å². The summed E-state index contributed by atoms with van der Waals surface area (Å²) in [6.45, 7) is 5.73. The van der Waals surface area contributed by atoms with E-state index in [4.69, 9.17) is 27.9 Å². The number of piperidine rings is 1. The minimum atomic E-state index is 0.0657. The smallest absolute Gasteiger partial charge is 0.149 e. The van der Waals surface area contributed by atoms with Gasteiger partial charge in [0.1, 0.15) is 11.5 Å². The van der Waals surface area contributed by atoms with Crippen molar-refractivity contribution in [1.29, 1.82) is 0 Å². The molecule has 0 amide bonds. The molecule has 242 valence electrons. The number of piperazine rings is 1. The lowest BCUT2D eigenvalue weighted by molar-refractivity contribution is -0.121. The molecule has 0 spiro atoms. The maximum absolute atomic E-state index is 12.7. The number of ether oxygens (including phenoxy) is 1. The van der Waals surface area contributed by atoms with Crippen molar-refractivity contribution >= 4 is 39.9 Å². The van der Waals surface area contributed by atoms with Crippen LogP contribution in [0.25, 0.3) is 22.0 Å². The third kappa shape index (κ3) is 6.74. The zero-order chi connectivity index (χ0) is 31.6. The van der Waals surface area contributed by atoms with Crippen LogP contribution in [-0.4, -0.2) is 65.0 Å². The summed E-state index contributed by atoms with van der Waals surface area (Å²) in [7, 11) is 1.71. The van der Waals surface area contributed by atoms with E-state index in [1.165, 1.54) is 40.4 Å². The van der Waals surface area contributed by atoms with Crippen molar-refractivity contribution in [2.24, 2.45) is 0 Å². The van der Waals surface area contributed by atoms with Crippen LogP contribution in [0.4, 0.5) is 0 Å². The first-order valence-corrected chi connectivity index (χ1v) is 17.7. The molecule has 3 aromatic carbocycles. The highest BCUT2D eigenvalue weighted by Gasteiger charge is 2.43. The summed E-state index contributed by atoms with van der Waals surface area (Å²) in [6, 6.07) is 22.3. The Morgan fingerprint density at radius 3 is 2.39 bits per heavy atom. The number of nitrogens with zero attached hydrogens (tertiary/aromatic N) is 3. The lowest BCUT2D eigenvalue weighted by Gasteiger charge is -2.34. The molecule has 3 saturated heterocycles. The number of fused-ring (bicyclic) bond motifs is 3. The fourth-order valence-corrected chi connectivity index (χ4v) is 8.37. The molecule has 3 atom stereocenters. The number of carbonyl (C=O) groups is 1. The molecule has 4 heterocycles. The van der Waals surface area contributed by atoms with E-state index in [0.29, 0.717) is 24.3 Å². The van der Waals surface area contributed by atoms with Gasteiger partial charge in [-0.1, -0.05) is 53.9 Å². The number of nitrogens with one attached hydrogen (secondary N) is 1. The lowest BCUT2D eigenvalue weighted by Crippen LogP contribution is -2.45. The first-order valence-electron chi connectivity index (χ1n) is 16.9. The summed E-state index contributed by atoms with van der Waals surface area (Å²) in [5.74, 6) is 1.24. The standard InChI is InChI=1S/C38H44Cl2N4O2/c1-46-30-14-12-27(13-15-30)32-24-42(18-5-3-10-38(45)36-9-2-4-17-41-36)37-16-11-26(19-31(32)37)21-43-22-29-20-28(43)23-44(29)25-33-34(39)7-6-8-35(33)40/h6-8,11-16,19,24,28-29,36,41H,2-5,9-10,17-18,20-23,25H2,1H3. The number of aryl methyl sites for hydroxylation is 1. The van der Waals surface area contributed by atoms with Gasteiger partial charge in [-0.05, 0) is 86.2 Å². The van der Waals surface area contributed by atoms with Crippen molar-refractivity contribution < 1.29 is 9.53 Å². The van der Waals surface area contributed by atoms with Crippen molar-refractivity contribution in [1.82, 2.24) is 19.7 Å². The Kier molecular flexibility index (Phi) is 9.71. The van der Waals surface area contributed by atoms with Gasteiger partial charge in [0.25, 0.3) is 0 Å². The number of hydrogen-bond donors (Lipinski definition) is 1. The summed E-state index contributed by atoms with van der Waals surface area (Å²) in [5.41, 5.74) is 6.07. The molecule has 0 aliphatic carbocycles. The summed E-state index contributed by atoms with van der Waals surface area (Å²) < 4.78 is 7.82. The van der Waals surface area contributed by atoms with Gasteiger partial charge in [-0.25, -0.2) is 0 Å². The van der Waals surface area contributed by atoms with E-state index in [1.54, 1.807) is 7.11 Å². The second kappa shape index (κ2) is 14.1. The summed E-state index contributed by atoms with van der Waals surface area (Å²) in [5, 5.41) is 6.20. The van der Waals surface area contributed by atoms with E-state index >= 15 is 0 Å². The third-order valence-corrected chi connectivity index (χ3v) is 11.1. The van der Waals surface area contributed by atoms with Crippen LogP contribution in [0.2, 0.25) is 10.0 Å². The molecular weight excluding hydrogens is 615 g/mol. The number of Topliss-reactive ketones (excluding diaryl/α,β-unsaturated/α-hetero) is 1. The van der Waals surface area contributed by atoms with E-state index in [1.807, 2.05) is 30.3 Å². The molecule has 3 aliphatic rings. The number of unbranched alkanes of at least 4 members (excludes halogenated alkanes) is 1. The molecule has 0 radical (unpaired) electrons. The molecule has 0 saturated carbocycles. The normalized spacial score (nSPS) is 21.8. The van der Waals surface area contributed by atoms with Gasteiger partial charge in [-0.15, -0.1) is 0 Å². The number of benzene rings is 3. The maximum atomic E-state index is 12.7. The van der Waals surface area contributed by atoms with Crippen LogP contribution in [0.15, 0.2) is 66.9 Å². The minimum Gasteiger partial charge on any atom is -0.497 e. The Morgan fingerprint density at radius 1 is 0.935 bits per heavy atom. The molecule has 6 nitrogen and oxygen atoms in total. The van der Waals surface area contributed by atoms with Gasteiger partial charge in [0.2, 0.25) is 0 Å². The van der Waals surface area contributed by atoms with Gasteiger partial charge in [0, 0.05) is 89.5 Å². The predicted octanol–water partition coefficient (Wildman–Crippen LogP) is 7.96. The number of methoxy groups -OCH3 is 1. The largest absolute Gasteiger partial charge is 0.497 e. The summed E-state index contributed by atoms with van der Waals surface area (Å²) >= 11 is 13.0. The number of hydrogen-bond acceptors (Lipinski definition) is 5. The zero-order valence-corrected chi connectivity index (χ0v) is 28.2. The predicted molar refractivity (Wildman–Crippen MR) is 188 cm³/mol. The van der Waals surface area contributed by atoms with Crippen LogP contribution in [0.3, 0.4) is 0 Å². The SMILES string of the molecule is COc1ccc(-c2cn(CCCCC(=O)C3CCCCN3)c3ccc(CN4CC5CC4CN5Cc4c(Cl)cccc4Cl)cc23)cc1. The second-order valence-electron chi connectivity index (χ2n) is 13.3. The molecule has 3 aliphatic heterocycles. The van der Waals surface area contributed by atoms with E-state index < -0.39 is 0 Å². The summed E-state index contributed by atoms with van der Waals surface area (Å²) in [4.78, 5) is 17.9. The molecule has 46 heavy (non-hydrogen) atoms. The van der Waals surface area contributed by atoms with Crippen LogP contribution in [-0.2, 0) is 24.4 Å². The fourth-order valence-electron chi connectivity index (χ4n) is 7.85. The molecule has 7 rings (SSSR count). The van der Waals surface area contributed by atoms with Gasteiger partial charge in [0.15, 0.2) is 0 Å². The van der Waals surface area contributed by atoms with Crippen molar-refractivity contribution in [2.75, 3.05) is 26.7 Å². The fraction of sp³-hybridized carbons (Fsp3) is 0.447. The average Bonchev–Trinajstić information content (AvgIpc) is 3.78. The quantitative estimate of drug-likeness (QED) is 0.157. The van der Waals surface area contributed by atoms with Crippen molar-refractivity contribution in [2.45, 2.75) is 82.7 Å². The van der Waals surface area contributed by atoms with E-state index in [9.17, 15) is 4.79 Å². The Balaban J connectivity index is 1.05. The van der Waals surface area contributed by atoms with Crippen molar-refractivity contribution in [3.63, 3.8) is 0 Å². The number of likely N-dealkylation sites (tertiary alicyclic amines) is 2. The van der Waals surface area contributed by atoms with E-state index in [-0.39, 0.29) is 6.04 Å². The highest BCUT2D eigenvalue weighted by Crippen LogP contribution is 2.37. The third-order valence-electron chi connectivity index (χ3n) is 10.4. The Morgan fingerprint density at radius 2 is 1.70 bits per heavy atom. The van der Waals surface area contributed by atoms with Gasteiger partial charge in [-0.3, -0.25) is 14.6 Å². The van der Waals surface area contributed by atoms with Gasteiger partial charge in [0.05, 0.1) is 13.2 Å². The van der Waals surface area contributed by atoms with Crippen LogP contribution in [0.5, 0.6) is 5.75 Å². The van der Waals surface area contributed by atoms with Crippen LogP contribution < -0.4 is 10.1 Å². The maximum Gasteiger partial charge on any atom is 0.149 e. The molecule has 3 unspecified atom stereocenters. The Labute approximate surface area is 282 Å². The Hall–Kier alpha value is -2.87. The zero-order valence-electron chi connectivity index (χ0n) is 26.7. The molecule has 3 fully saturated rings. The van der Waals surface area contributed by atoms with Crippen LogP contribution >= 0.6 is 23.2 Å². The molecule has 2 bridgehead atoms. The molecule has 4 aromatic rings. The highest BCUT2D eigenvalue weighted by atomic mass is 35.5. The number of halogens is 2. The highest BCUT2D eigenvalue weighted by molar-refractivity contribution is 6.36. The van der Waals surface area contributed by atoms with Gasteiger partial charge in [-0.2, -0.15) is 0 Å². The lowest BCUT2D eigenvalue weighted by atomic mass is 9.98. The first-order chi connectivity index (χ1) is 22.5. The molecule has 1 N–H and O–H groups in total. The second-order valence-corrected chi connectivity index (χ2v) is 14.2. The Bertz CT molecular complexity index is 1660. The van der Waals surface area contributed by atoms with E-state index in [0.717, 1.165) is 86.3 Å². The van der Waals surface area contributed by atoms with Gasteiger partial charge < -0.3 is 14.6 Å². The van der Waals surface area contributed by atoms with E-state index in [2.05, 4.69) is 56.2 Å². The molecule has 8 heteroatoms. The number of rotatable bonds is 12. The van der Waals surface area contributed by atoms with Gasteiger partial charge >= 0.3 is 0 Å². The average molecular weight is 660 g/mol. The molecule has 1 aromatic heterocycles. The number of aromatic nitrogens is 1. The van der Waals surface area contributed by atoms with Crippen molar-refractivity contribution in [3.05, 3.63) is 88.0 Å². The van der Waals surface area contributed by atoms with Crippen molar-refractivity contribution in [3.8, 4) is 16.9 Å². The first kappa shape index (κ1) is 31.7. The van der Waals surface area contributed by atoms with Crippen LogP contribution in [0, 0.1) is 0 Å². The molecular formula is C38H44Cl2N4O2. The van der Waals surface area contributed by atoms with Crippen LogP contribution in [0.1, 0.15) is 56.1 Å². The monoisotopic (exact) mass is 658 g/mol. The minimum absolute atomic E-state index is 0.0657.